The number of fused-ring (bicyclic) bond motifs is 1. The number of hydrogen-bond donors (Lipinski definition) is 3. The number of anilines is 1. The van der Waals surface area contributed by atoms with Crippen LogP contribution in [0.15, 0.2) is 18.2 Å². The maximum Gasteiger partial charge on any atom is 0.116 e. The highest BCUT2D eigenvalue weighted by Crippen LogP contribution is 2.33. The molecule has 0 fully saturated rings. The molecule has 0 aromatic heterocycles. The number of phenolic OH excluding ortho intramolecular Hbond substituents is 1. The Kier molecular flexibility index (Phi) is 3.34. The Morgan fingerprint density at radius 1 is 1.50 bits per heavy atom. The molecule has 0 saturated carbocycles. The van der Waals surface area contributed by atoms with E-state index in [9.17, 15) is 5.11 Å². The molecule has 1 aromatic carbocycles. The second-order valence-electron chi connectivity index (χ2n) is 4.75. The molecule has 1 aliphatic rings. The zero-order valence-electron chi connectivity index (χ0n) is 9.96. The number of benzene rings is 1. The second kappa shape index (κ2) is 4.74. The quantitative estimate of drug-likeness (QED) is 0.685. The molecule has 1 aromatic rings. The lowest BCUT2D eigenvalue weighted by Gasteiger charge is -2.27. The summed E-state index contributed by atoms with van der Waals surface area (Å²) in [5.41, 5.74) is 2.40. The van der Waals surface area contributed by atoms with Crippen molar-refractivity contribution in [1.29, 1.82) is 0 Å². The van der Waals surface area contributed by atoms with E-state index in [1.54, 1.807) is 6.07 Å². The van der Waals surface area contributed by atoms with Gasteiger partial charge in [0.15, 0.2) is 0 Å². The molecule has 2 rings (SSSR count). The van der Waals surface area contributed by atoms with Crippen molar-refractivity contribution in [2.24, 2.45) is 0 Å². The predicted molar refractivity (Wildman–Crippen MR) is 67.1 cm³/mol. The average molecular weight is 220 g/mol. The van der Waals surface area contributed by atoms with Crippen molar-refractivity contribution in [3.63, 3.8) is 0 Å². The molecule has 16 heavy (non-hydrogen) atoms. The Morgan fingerprint density at radius 2 is 2.31 bits per heavy atom. The highest BCUT2D eigenvalue weighted by molar-refractivity contribution is 5.57. The van der Waals surface area contributed by atoms with Gasteiger partial charge in [-0.3, -0.25) is 0 Å². The first kappa shape index (κ1) is 11.3. The van der Waals surface area contributed by atoms with E-state index in [4.69, 9.17) is 0 Å². The van der Waals surface area contributed by atoms with Crippen LogP contribution in [0, 0.1) is 0 Å². The summed E-state index contributed by atoms with van der Waals surface area (Å²) in [4.78, 5) is 0. The molecule has 0 spiro atoms. The number of phenols is 1. The van der Waals surface area contributed by atoms with Gasteiger partial charge in [0.2, 0.25) is 0 Å². The Morgan fingerprint density at radius 3 is 3.06 bits per heavy atom. The lowest BCUT2D eigenvalue weighted by molar-refractivity contribution is 0.469. The van der Waals surface area contributed by atoms with Crippen LogP contribution in [-0.4, -0.2) is 24.2 Å². The highest BCUT2D eigenvalue weighted by Gasteiger charge is 2.20. The van der Waals surface area contributed by atoms with Crippen molar-refractivity contribution in [3.05, 3.63) is 23.8 Å². The van der Waals surface area contributed by atoms with Crippen LogP contribution in [0.25, 0.3) is 0 Å². The highest BCUT2D eigenvalue weighted by atomic mass is 16.3. The molecule has 1 atom stereocenters. The van der Waals surface area contributed by atoms with E-state index in [-0.39, 0.29) is 0 Å². The fourth-order valence-electron chi connectivity index (χ4n) is 2.18. The first-order chi connectivity index (χ1) is 7.66. The summed E-state index contributed by atoms with van der Waals surface area (Å²) in [5.74, 6) is 0.864. The molecule has 1 aliphatic heterocycles. The normalized spacial score (nSPS) is 19.3. The minimum Gasteiger partial charge on any atom is -0.508 e. The molecule has 0 saturated heterocycles. The van der Waals surface area contributed by atoms with Gasteiger partial charge < -0.3 is 15.7 Å². The van der Waals surface area contributed by atoms with Crippen molar-refractivity contribution in [2.75, 3.05) is 18.4 Å². The van der Waals surface area contributed by atoms with Crippen molar-refractivity contribution >= 4 is 5.69 Å². The first-order valence-electron chi connectivity index (χ1n) is 5.97. The fourth-order valence-corrected chi connectivity index (χ4v) is 2.18. The third-order valence-electron chi connectivity index (χ3n) is 3.06. The van der Waals surface area contributed by atoms with Gasteiger partial charge in [-0.25, -0.2) is 0 Å². The summed E-state index contributed by atoms with van der Waals surface area (Å²) in [6, 6.07) is 6.10. The molecule has 1 heterocycles. The van der Waals surface area contributed by atoms with Crippen molar-refractivity contribution in [1.82, 2.24) is 5.32 Å². The minimum atomic E-state index is 0.358. The molecular formula is C13H20N2O. The third-order valence-corrected chi connectivity index (χ3v) is 3.06. The third kappa shape index (κ3) is 2.47. The van der Waals surface area contributed by atoms with Gasteiger partial charge in [0.05, 0.1) is 0 Å². The molecule has 88 valence electrons. The zero-order valence-corrected chi connectivity index (χ0v) is 9.96. The minimum absolute atomic E-state index is 0.358. The standard InChI is InChI=1S/C13H20N2O/c1-9(2)15-8-10-5-6-14-13-4-3-11(16)7-12(10)13/h3-4,7,9-10,14-16H,5-6,8H2,1-2H3. The van der Waals surface area contributed by atoms with Gasteiger partial charge in [-0.2, -0.15) is 0 Å². The summed E-state index contributed by atoms with van der Waals surface area (Å²) in [7, 11) is 0. The van der Waals surface area contributed by atoms with Crippen LogP contribution in [0.3, 0.4) is 0 Å². The largest absolute Gasteiger partial charge is 0.508 e. The molecule has 0 bridgehead atoms. The van der Waals surface area contributed by atoms with Crippen LogP contribution in [0.5, 0.6) is 5.75 Å². The van der Waals surface area contributed by atoms with E-state index >= 15 is 0 Å². The number of hydrogen-bond acceptors (Lipinski definition) is 3. The maximum absolute atomic E-state index is 9.54. The smallest absolute Gasteiger partial charge is 0.116 e. The van der Waals surface area contributed by atoms with Crippen LogP contribution in [0.4, 0.5) is 5.69 Å². The van der Waals surface area contributed by atoms with Gasteiger partial charge in [0, 0.05) is 30.7 Å². The first-order valence-corrected chi connectivity index (χ1v) is 5.97. The molecule has 0 aliphatic carbocycles. The Bertz CT molecular complexity index is 363. The van der Waals surface area contributed by atoms with Gasteiger partial charge >= 0.3 is 0 Å². The molecule has 3 nitrogen and oxygen atoms in total. The molecule has 0 radical (unpaired) electrons. The molecule has 0 amide bonds. The lowest BCUT2D eigenvalue weighted by atomic mass is 9.90. The predicted octanol–water partition coefficient (Wildman–Crippen LogP) is 2.29. The van der Waals surface area contributed by atoms with E-state index in [2.05, 4.69) is 24.5 Å². The van der Waals surface area contributed by atoms with E-state index in [1.807, 2.05) is 12.1 Å². The van der Waals surface area contributed by atoms with Gasteiger partial charge in [-0.15, -0.1) is 0 Å². The van der Waals surface area contributed by atoms with E-state index in [0.717, 1.165) is 19.5 Å². The SMILES string of the molecule is CC(C)NCC1CCNc2ccc(O)cc21. The number of rotatable bonds is 3. The Hall–Kier alpha value is -1.22. The lowest BCUT2D eigenvalue weighted by Crippen LogP contribution is -2.31. The summed E-state index contributed by atoms with van der Waals surface area (Å²) in [5, 5.41) is 16.4. The number of nitrogens with one attached hydrogen (secondary N) is 2. The molecule has 1 unspecified atom stereocenters. The van der Waals surface area contributed by atoms with Crippen LogP contribution >= 0.6 is 0 Å². The van der Waals surface area contributed by atoms with E-state index < -0.39 is 0 Å². The molecular weight excluding hydrogens is 200 g/mol. The topological polar surface area (TPSA) is 44.3 Å². The Labute approximate surface area is 96.9 Å². The van der Waals surface area contributed by atoms with Gasteiger partial charge in [0.1, 0.15) is 5.75 Å². The van der Waals surface area contributed by atoms with Gasteiger partial charge in [0.25, 0.3) is 0 Å². The van der Waals surface area contributed by atoms with E-state index in [0.29, 0.717) is 17.7 Å². The fraction of sp³-hybridized carbons (Fsp3) is 0.538. The zero-order chi connectivity index (χ0) is 11.5. The summed E-state index contributed by atoms with van der Waals surface area (Å²) in [6.07, 6.45) is 1.12. The molecule has 3 heteroatoms. The number of aromatic hydroxyl groups is 1. The summed E-state index contributed by atoms with van der Waals surface area (Å²) < 4.78 is 0. The van der Waals surface area contributed by atoms with Crippen LogP contribution < -0.4 is 10.6 Å². The van der Waals surface area contributed by atoms with Crippen LogP contribution in [0.2, 0.25) is 0 Å². The van der Waals surface area contributed by atoms with Crippen molar-refractivity contribution in [2.45, 2.75) is 32.2 Å². The van der Waals surface area contributed by atoms with Gasteiger partial charge in [-0.05, 0) is 30.2 Å². The van der Waals surface area contributed by atoms with Gasteiger partial charge in [-0.1, -0.05) is 13.8 Å². The monoisotopic (exact) mass is 220 g/mol. The summed E-state index contributed by atoms with van der Waals surface area (Å²) in [6.45, 7) is 6.31. The maximum atomic E-state index is 9.54. The van der Waals surface area contributed by atoms with Crippen molar-refractivity contribution < 1.29 is 5.11 Å². The average Bonchev–Trinajstić information content (AvgIpc) is 2.26. The van der Waals surface area contributed by atoms with Crippen LogP contribution in [0.1, 0.15) is 31.7 Å². The van der Waals surface area contributed by atoms with Crippen molar-refractivity contribution in [3.8, 4) is 5.75 Å². The van der Waals surface area contributed by atoms with Crippen LogP contribution in [-0.2, 0) is 0 Å². The summed E-state index contributed by atoms with van der Waals surface area (Å²) >= 11 is 0. The van der Waals surface area contributed by atoms with E-state index in [1.165, 1.54) is 11.3 Å². The Balaban J connectivity index is 2.15. The second-order valence-corrected chi connectivity index (χ2v) is 4.75. The molecule has 3 N–H and O–H groups in total.